The molecule has 0 fully saturated rings. The van der Waals surface area contributed by atoms with E-state index in [1.807, 2.05) is 48.5 Å². The Bertz CT molecular complexity index is 1350. The van der Waals surface area contributed by atoms with E-state index in [4.69, 9.17) is 44.3 Å². The van der Waals surface area contributed by atoms with Crippen molar-refractivity contribution in [3.63, 3.8) is 0 Å². The zero-order valence-corrected chi connectivity index (χ0v) is 21.3. The number of nitrogens with zero attached hydrogens (tertiary/aromatic N) is 1. The second-order valence-electron chi connectivity index (χ2n) is 8.03. The van der Waals surface area contributed by atoms with Crippen LogP contribution in [0.1, 0.15) is 32.5 Å². The van der Waals surface area contributed by atoms with Crippen LogP contribution in [0, 0.1) is 0 Å². The smallest absolute Gasteiger partial charge is 0.266 e. The second kappa shape index (κ2) is 9.80. The highest BCUT2D eigenvalue weighted by molar-refractivity contribution is 7.19. The summed E-state index contributed by atoms with van der Waals surface area (Å²) in [5, 5.41) is 1.50. The Morgan fingerprint density at radius 1 is 1.15 bits per heavy atom. The molecular weight excluding hydrogens is 515 g/mol. The minimum absolute atomic E-state index is 0.192. The SMILES string of the molecule is COc1ccc2[nH]c3c(c2c1)CCN(C(=O)c1sc(Cl)c(Cl)c1Cl)C3COCc1ccccc1. The number of hydrogen-bond acceptors (Lipinski definition) is 4. The topological polar surface area (TPSA) is 54.6 Å². The molecule has 2 aromatic heterocycles. The van der Waals surface area contributed by atoms with Crippen LogP contribution in [0.2, 0.25) is 14.4 Å². The molecule has 1 unspecified atom stereocenters. The molecule has 1 aliphatic rings. The van der Waals surface area contributed by atoms with Gasteiger partial charge in [-0.1, -0.05) is 65.1 Å². The van der Waals surface area contributed by atoms with Crippen LogP contribution < -0.4 is 4.74 Å². The fourth-order valence-corrected chi connectivity index (χ4v) is 6.14. The first-order chi connectivity index (χ1) is 16.5. The Morgan fingerprint density at radius 3 is 2.65 bits per heavy atom. The Kier molecular flexibility index (Phi) is 6.78. The molecule has 0 saturated heterocycles. The molecule has 0 bridgehead atoms. The number of H-pyrrole nitrogens is 1. The van der Waals surface area contributed by atoms with E-state index in [2.05, 4.69) is 4.98 Å². The van der Waals surface area contributed by atoms with Crippen molar-refractivity contribution in [2.24, 2.45) is 0 Å². The maximum Gasteiger partial charge on any atom is 0.266 e. The number of halogens is 3. The van der Waals surface area contributed by atoms with Gasteiger partial charge in [-0.05, 0) is 35.7 Å². The van der Waals surface area contributed by atoms with Gasteiger partial charge in [-0.2, -0.15) is 0 Å². The van der Waals surface area contributed by atoms with Crippen LogP contribution in [0.15, 0.2) is 48.5 Å². The molecule has 5 rings (SSSR count). The fraction of sp³-hybridized carbons (Fsp3) is 0.240. The molecule has 34 heavy (non-hydrogen) atoms. The quantitative estimate of drug-likeness (QED) is 0.285. The summed E-state index contributed by atoms with van der Waals surface area (Å²) < 4.78 is 11.8. The van der Waals surface area contributed by atoms with Crippen LogP contribution in [0.3, 0.4) is 0 Å². The fourth-order valence-electron chi connectivity index (χ4n) is 4.38. The zero-order chi connectivity index (χ0) is 23.8. The van der Waals surface area contributed by atoms with E-state index in [9.17, 15) is 4.79 Å². The van der Waals surface area contributed by atoms with Gasteiger partial charge >= 0.3 is 0 Å². The molecule has 0 saturated carbocycles. The summed E-state index contributed by atoms with van der Waals surface area (Å²) in [7, 11) is 1.65. The summed E-state index contributed by atoms with van der Waals surface area (Å²) >= 11 is 19.8. The second-order valence-corrected chi connectivity index (χ2v) is 10.4. The number of aromatic amines is 1. The molecule has 3 heterocycles. The molecule has 9 heteroatoms. The van der Waals surface area contributed by atoms with Crippen LogP contribution in [0.25, 0.3) is 10.9 Å². The molecule has 1 aliphatic heterocycles. The average Bonchev–Trinajstić information content (AvgIpc) is 3.36. The average molecular weight is 536 g/mol. The summed E-state index contributed by atoms with van der Waals surface area (Å²) in [6, 6.07) is 15.6. The molecule has 1 atom stereocenters. The number of hydrogen-bond donors (Lipinski definition) is 1. The van der Waals surface area contributed by atoms with Gasteiger partial charge in [0.05, 0.1) is 36.4 Å². The standard InChI is InChI=1S/C25H21Cl3N2O3S/c1-32-15-7-8-18-17(11-15)16-9-10-30(25(31)23-20(26)21(27)24(28)34-23)19(22(16)29-18)13-33-12-14-5-3-2-4-6-14/h2-8,11,19,29H,9-10,12-13H2,1H3. The lowest BCUT2D eigenvalue weighted by atomic mass is 9.97. The van der Waals surface area contributed by atoms with Gasteiger partial charge < -0.3 is 19.4 Å². The lowest BCUT2D eigenvalue weighted by Crippen LogP contribution is -2.42. The monoisotopic (exact) mass is 534 g/mol. The largest absolute Gasteiger partial charge is 0.497 e. The van der Waals surface area contributed by atoms with E-state index in [0.29, 0.717) is 35.4 Å². The highest BCUT2D eigenvalue weighted by Gasteiger charge is 2.36. The van der Waals surface area contributed by atoms with Crippen LogP contribution >= 0.6 is 46.1 Å². The first kappa shape index (κ1) is 23.5. The van der Waals surface area contributed by atoms with E-state index in [-0.39, 0.29) is 22.0 Å². The van der Waals surface area contributed by atoms with Crippen molar-refractivity contribution in [2.75, 3.05) is 20.3 Å². The Hall–Kier alpha value is -2.22. The minimum Gasteiger partial charge on any atom is -0.497 e. The summed E-state index contributed by atoms with van der Waals surface area (Å²) in [6.45, 7) is 1.28. The zero-order valence-electron chi connectivity index (χ0n) is 18.2. The van der Waals surface area contributed by atoms with Crippen LogP contribution in [0.4, 0.5) is 0 Å². The highest BCUT2D eigenvalue weighted by Crippen LogP contribution is 2.43. The van der Waals surface area contributed by atoms with Crippen molar-refractivity contribution in [1.29, 1.82) is 0 Å². The molecular formula is C25H21Cl3N2O3S. The van der Waals surface area contributed by atoms with Crippen molar-refractivity contribution in [3.8, 4) is 5.75 Å². The third kappa shape index (κ3) is 4.30. The Balaban J connectivity index is 1.50. The number of rotatable bonds is 6. The molecule has 2 aromatic carbocycles. The summed E-state index contributed by atoms with van der Waals surface area (Å²) in [5.41, 5.74) is 4.19. The number of thiophene rings is 1. The highest BCUT2D eigenvalue weighted by atomic mass is 35.5. The lowest BCUT2D eigenvalue weighted by Gasteiger charge is -2.35. The van der Waals surface area contributed by atoms with E-state index in [1.165, 1.54) is 5.56 Å². The third-order valence-corrected chi connectivity index (χ3v) is 8.62. The van der Waals surface area contributed by atoms with Gasteiger partial charge in [-0.15, -0.1) is 11.3 Å². The Labute approximate surface area is 216 Å². The van der Waals surface area contributed by atoms with E-state index >= 15 is 0 Å². The van der Waals surface area contributed by atoms with Gasteiger partial charge in [0.25, 0.3) is 5.91 Å². The molecule has 1 N–H and O–H groups in total. The lowest BCUT2D eigenvalue weighted by molar-refractivity contribution is 0.0343. The van der Waals surface area contributed by atoms with Gasteiger partial charge in [0.15, 0.2) is 0 Å². The van der Waals surface area contributed by atoms with Crippen molar-refractivity contribution in [1.82, 2.24) is 9.88 Å². The van der Waals surface area contributed by atoms with Crippen molar-refractivity contribution >= 4 is 62.9 Å². The minimum atomic E-state index is -0.325. The summed E-state index contributed by atoms with van der Waals surface area (Å²) in [5.74, 6) is 0.582. The van der Waals surface area contributed by atoms with Crippen LogP contribution in [-0.4, -0.2) is 36.1 Å². The summed E-state index contributed by atoms with van der Waals surface area (Å²) in [6.07, 6.45) is 0.688. The number of amides is 1. The van der Waals surface area contributed by atoms with Gasteiger partial charge in [0, 0.05) is 23.1 Å². The molecule has 0 radical (unpaired) electrons. The predicted molar refractivity (Wildman–Crippen MR) is 138 cm³/mol. The molecule has 176 valence electrons. The molecule has 4 aromatic rings. The number of benzene rings is 2. The molecule has 0 spiro atoms. The number of aromatic nitrogens is 1. The van der Waals surface area contributed by atoms with Gasteiger partial charge in [-0.25, -0.2) is 0 Å². The van der Waals surface area contributed by atoms with E-state index in [0.717, 1.165) is 39.2 Å². The molecule has 5 nitrogen and oxygen atoms in total. The van der Waals surface area contributed by atoms with E-state index < -0.39 is 0 Å². The molecule has 1 amide bonds. The first-order valence-electron chi connectivity index (χ1n) is 10.7. The van der Waals surface area contributed by atoms with Crippen LogP contribution in [-0.2, 0) is 17.8 Å². The van der Waals surface area contributed by atoms with Crippen molar-refractivity contribution in [2.45, 2.75) is 19.1 Å². The van der Waals surface area contributed by atoms with Crippen LogP contribution in [0.5, 0.6) is 5.75 Å². The number of carbonyl (C=O) groups is 1. The Morgan fingerprint density at radius 2 is 1.94 bits per heavy atom. The predicted octanol–water partition coefficient (Wildman–Crippen LogP) is 7.15. The number of ether oxygens (including phenoxy) is 2. The number of fused-ring (bicyclic) bond motifs is 3. The number of methoxy groups -OCH3 is 1. The summed E-state index contributed by atoms with van der Waals surface area (Å²) in [4.78, 5) is 19.3. The van der Waals surface area contributed by atoms with Crippen molar-refractivity contribution < 1.29 is 14.3 Å². The maximum atomic E-state index is 13.6. The third-order valence-electron chi connectivity index (χ3n) is 6.06. The van der Waals surface area contributed by atoms with E-state index in [1.54, 1.807) is 12.0 Å². The van der Waals surface area contributed by atoms with Crippen molar-refractivity contribution in [3.05, 3.63) is 84.6 Å². The number of nitrogens with one attached hydrogen (secondary N) is 1. The first-order valence-corrected chi connectivity index (χ1v) is 12.7. The van der Waals surface area contributed by atoms with Gasteiger partial charge in [0.2, 0.25) is 0 Å². The number of carbonyl (C=O) groups excluding carboxylic acids is 1. The van der Waals surface area contributed by atoms with Gasteiger partial charge in [0.1, 0.15) is 15.0 Å². The normalized spacial score (nSPS) is 15.5. The maximum absolute atomic E-state index is 13.6. The van der Waals surface area contributed by atoms with Gasteiger partial charge in [-0.3, -0.25) is 4.79 Å². The molecule has 0 aliphatic carbocycles.